The lowest BCUT2D eigenvalue weighted by molar-refractivity contribution is -0.143. The topological polar surface area (TPSA) is 153 Å². The Kier molecular flexibility index (Phi) is 9.85. The fraction of sp³-hybridized carbons (Fsp3) is 0.393. The monoisotopic (exact) mass is 604 g/mol. The first-order chi connectivity index (χ1) is 20.5. The first-order valence-electron chi connectivity index (χ1n) is 13.4. The van der Waals surface area contributed by atoms with Gasteiger partial charge in [0.15, 0.2) is 6.04 Å². The van der Waals surface area contributed by atoms with Gasteiger partial charge in [0.1, 0.15) is 6.54 Å². The van der Waals surface area contributed by atoms with Gasteiger partial charge in [0.05, 0.1) is 25.1 Å². The van der Waals surface area contributed by atoms with Crippen LogP contribution in [-0.4, -0.2) is 97.4 Å². The van der Waals surface area contributed by atoms with Crippen molar-refractivity contribution in [2.75, 3.05) is 38.3 Å². The number of rotatable bonds is 7. The van der Waals surface area contributed by atoms with Gasteiger partial charge in [-0.1, -0.05) is 48.5 Å². The zero-order valence-corrected chi connectivity index (χ0v) is 23.1. The third-order valence-corrected chi connectivity index (χ3v) is 6.94. The minimum atomic E-state index is -4.72. The lowest BCUT2D eigenvalue weighted by Crippen LogP contribution is -2.56. The number of nitrogens with zero attached hydrogens (tertiary/aromatic N) is 3. The first kappa shape index (κ1) is 31.3. The lowest BCUT2D eigenvalue weighted by Gasteiger charge is -2.33. The molecule has 4 N–H and O–H groups in total. The molecule has 0 spiro atoms. The van der Waals surface area contributed by atoms with Crippen LogP contribution in [0.2, 0.25) is 0 Å². The van der Waals surface area contributed by atoms with Crippen LogP contribution in [0.3, 0.4) is 0 Å². The number of ether oxygens (including phenoxy) is 1. The number of hydrogen-bond donors (Lipinski definition) is 4. The Morgan fingerprint density at radius 2 is 1.70 bits per heavy atom. The van der Waals surface area contributed by atoms with Gasteiger partial charge in [0, 0.05) is 30.3 Å². The third kappa shape index (κ3) is 7.80. The fourth-order valence-corrected chi connectivity index (χ4v) is 4.83. The minimum absolute atomic E-state index is 0.0185. The Labute approximate surface area is 244 Å². The number of alkyl halides is 3. The van der Waals surface area contributed by atoms with Crippen molar-refractivity contribution in [3.05, 3.63) is 65.7 Å². The molecule has 15 heteroatoms. The van der Waals surface area contributed by atoms with Crippen molar-refractivity contribution in [1.82, 2.24) is 20.9 Å². The number of carbonyl (C=O) groups excluding carboxylic acids is 4. The summed E-state index contributed by atoms with van der Waals surface area (Å²) in [6.07, 6.45) is -5.74. The van der Waals surface area contributed by atoms with Gasteiger partial charge >= 0.3 is 24.2 Å². The molecule has 2 aliphatic rings. The highest BCUT2D eigenvalue weighted by molar-refractivity contribution is 6.20. The number of methoxy groups -OCH3 is 1. The molecular weight excluding hydrogens is 573 g/mol. The molecule has 2 heterocycles. The molecule has 0 aliphatic carbocycles. The number of benzodiazepines with no additional fused rings is 1. The zero-order valence-electron chi connectivity index (χ0n) is 23.1. The number of amides is 5. The van der Waals surface area contributed by atoms with Gasteiger partial charge in [0.2, 0.25) is 6.17 Å². The molecule has 230 valence electrons. The predicted octanol–water partition coefficient (Wildman–Crippen LogP) is 1.77. The van der Waals surface area contributed by atoms with Gasteiger partial charge in [-0.25, -0.2) is 19.4 Å². The van der Waals surface area contributed by atoms with Gasteiger partial charge in [-0.2, -0.15) is 13.2 Å². The maximum absolute atomic E-state index is 13.6. The van der Waals surface area contributed by atoms with Crippen LogP contribution in [0.4, 0.5) is 28.4 Å². The lowest BCUT2D eigenvalue weighted by atomic mass is 10.0. The molecule has 1 saturated heterocycles. The van der Waals surface area contributed by atoms with Crippen LogP contribution >= 0.6 is 0 Å². The number of aliphatic imine (C=N–C) groups is 1. The minimum Gasteiger partial charge on any atom is -0.467 e. The van der Waals surface area contributed by atoms with Crippen LogP contribution in [0.25, 0.3) is 0 Å². The Hall–Kier alpha value is -4.66. The fourth-order valence-electron chi connectivity index (χ4n) is 4.83. The number of halogens is 3. The number of hydrogen-bond acceptors (Lipinski definition) is 7. The highest BCUT2D eigenvalue weighted by Gasteiger charge is 2.40. The van der Waals surface area contributed by atoms with E-state index >= 15 is 0 Å². The molecule has 12 nitrogen and oxygen atoms in total. The van der Waals surface area contributed by atoms with E-state index in [-0.39, 0.29) is 30.5 Å². The number of benzene rings is 2. The molecule has 0 radical (unpaired) electrons. The number of likely N-dealkylation sites (tertiary alicyclic amines) is 1. The van der Waals surface area contributed by atoms with Crippen LogP contribution in [-0.2, 0) is 14.3 Å². The molecule has 2 aliphatic heterocycles. The quantitative estimate of drug-likeness (QED) is 0.354. The predicted molar refractivity (Wildman–Crippen MR) is 148 cm³/mol. The number of aliphatic hydroxyl groups excluding tert-OH is 1. The summed E-state index contributed by atoms with van der Waals surface area (Å²) in [7, 11) is 1.12. The highest BCUT2D eigenvalue weighted by atomic mass is 19.4. The normalized spacial score (nSPS) is 18.1. The second-order valence-electron chi connectivity index (χ2n) is 9.89. The van der Waals surface area contributed by atoms with Crippen molar-refractivity contribution in [2.24, 2.45) is 4.99 Å². The first-order valence-corrected chi connectivity index (χ1v) is 13.4. The van der Waals surface area contributed by atoms with Crippen molar-refractivity contribution in [3.63, 3.8) is 0 Å². The van der Waals surface area contributed by atoms with E-state index in [1.807, 2.05) is 0 Å². The van der Waals surface area contributed by atoms with E-state index < -0.39 is 55.5 Å². The molecule has 2 atom stereocenters. The number of urea groups is 2. The maximum atomic E-state index is 13.6. The molecule has 0 unspecified atom stereocenters. The summed E-state index contributed by atoms with van der Waals surface area (Å²) in [4.78, 5) is 57.0. The van der Waals surface area contributed by atoms with Crippen molar-refractivity contribution in [1.29, 1.82) is 0 Å². The van der Waals surface area contributed by atoms with Gasteiger partial charge in [-0.05, 0) is 18.9 Å². The number of carbonyl (C=O) groups is 4. The number of aliphatic hydroxyl groups is 1. The van der Waals surface area contributed by atoms with E-state index in [0.717, 1.165) is 7.11 Å². The number of fused-ring (bicyclic) bond motifs is 1. The third-order valence-electron chi connectivity index (χ3n) is 6.94. The summed E-state index contributed by atoms with van der Waals surface area (Å²) in [6.45, 7) is -1.92. The number of esters is 1. The molecule has 4 rings (SSSR count). The standard InChI is InChI=1S/C28H31F3N6O6/c1-43-25(40)20(15-38)33-26(41)32-18-11-13-36(14-12-18)27(42)35-23-24(39)37(16-28(29,30)31)21-10-6-5-9-19(21)22(34-23)17-7-3-2-4-8-17/h2-10,18,20,23,38H,11-16H2,1H3,(H,35,42)(H2,32,33,41)/t20-,23-/m0/s1. The number of anilines is 1. The Morgan fingerprint density at radius 3 is 2.33 bits per heavy atom. The maximum Gasteiger partial charge on any atom is 0.406 e. The van der Waals surface area contributed by atoms with Crippen molar-refractivity contribution in [2.45, 2.75) is 37.3 Å². The van der Waals surface area contributed by atoms with Gasteiger partial charge in [-0.15, -0.1) is 0 Å². The second-order valence-corrected chi connectivity index (χ2v) is 9.89. The van der Waals surface area contributed by atoms with Crippen LogP contribution in [0.1, 0.15) is 24.0 Å². The SMILES string of the molecule is COC(=O)[C@H](CO)NC(=O)NC1CCN(C(=O)N[C@@H]2N=C(c3ccccc3)c3ccccc3N(CC(F)(F)F)C2=O)CC1. The average Bonchev–Trinajstić information content (AvgIpc) is 3.10. The van der Waals surface area contributed by atoms with Crippen LogP contribution in [0, 0.1) is 0 Å². The van der Waals surface area contributed by atoms with E-state index in [0.29, 0.717) is 28.9 Å². The molecule has 1 fully saturated rings. The Bertz CT molecular complexity index is 1360. The molecule has 5 amide bonds. The van der Waals surface area contributed by atoms with Gasteiger partial charge in [-0.3, -0.25) is 9.69 Å². The van der Waals surface area contributed by atoms with Gasteiger partial charge < -0.3 is 30.7 Å². The second kappa shape index (κ2) is 13.5. The molecular formula is C28H31F3N6O6. The molecule has 2 aromatic rings. The van der Waals surface area contributed by atoms with Gasteiger partial charge in [0.25, 0.3) is 5.91 Å². The average molecular weight is 605 g/mol. The van der Waals surface area contributed by atoms with Crippen molar-refractivity contribution in [3.8, 4) is 0 Å². The Balaban J connectivity index is 1.49. The van der Waals surface area contributed by atoms with Crippen molar-refractivity contribution < 1.29 is 42.2 Å². The summed E-state index contributed by atoms with van der Waals surface area (Å²) in [5.41, 5.74) is 1.13. The van der Waals surface area contributed by atoms with E-state index in [2.05, 4.69) is 25.7 Å². The van der Waals surface area contributed by atoms with Crippen LogP contribution < -0.4 is 20.9 Å². The summed E-state index contributed by atoms with van der Waals surface area (Å²) in [6, 6.07) is 11.7. The molecule has 0 aromatic heterocycles. The van der Waals surface area contributed by atoms with E-state index in [4.69, 9.17) is 0 Å². The molecule has 2 aromatic carbocycles. The summed E-state index contributed by atoms with van der Waals surface area (Å²) in [5.74, 6) is -1.85. The molecule has 0 saturated carbocycles. The Morgan fingerprint density at radius 1 is 1.05 bits per heavy atom. The molecule has 43 heavy (non-hydrogen) atoms. The van der Waals surface area contributed by atoms with E-state index in [9.17, 15) is 37.5 Å². The zero-order chi connectivity index (χ0) is 31.1. The number of nitrogens with one attached hydrogen (secondary N) is 3. The smallest absolute Gasteiger partial charge is 0.406 e. The largest absolute Gasteiger partial charge is 0.467 e. The number of piperidine rings is 1. The van der Waals surface area contributed by atoms with Crippen molar-refractivity contribution >= 4 is 35.3 Å². The van der Waals surface area contributed by atoms with Crippen LogP contribution in [0.5, 0.6) is 0 Å². The summed E-state index contributed by atoms with van der Waals surface area (Å²) >= 11 is 0. The van der Waals surface area contributed by atoms with E-state index in [1.165, 1.54) is 17.0 Å². The highest BCUT2D eigenvalue weighted by Crippen LogP contribution is 2.31. The van der Waals surface area contributed by atoms with Crippen LogP contribution in [0.15, 0.2) is 59.6 Å². The molecule has 0 bridgehead atoms. The summed E-state index contributed by atoms with van der Waals surface area (Å²) in [5, 5.41) is 16.7. The summed E-state index contributed by atoms with van der Waals surface area (Å²) < 4.78 is 45.4. The number of para-hydroxylation sites is 1. The van der Waals surface area contributed by atoms with E-state index in [1.54, 1.807) is 42.5 Å².